The number of H-pyrrole nitrogens is 1. The van der Waals surface area contributed by atoms with Gasteiger partial charge in [-0.1, -0.05) is 29.8 Å². The van der Waals surface area contributed by atoms with Crippen molar-refractivity contribution in [3.8, 4) is 22.3 Å². The van der Waals surface area contributed by atoms with Gasteiger partial charge in [-0.05, 0) is 12.1 Å². The molecule has 0 saturated carbocycles. The summed E-state index contributed by atoms with van der Waals surface area (Å²) >= 11 is 6.65. The van der Waals surface area contributed by atoms with Crippen molar-refractivity contribution in [2.45, 2.75) is 6.10 Å². The second kappa shape index (κ2) is 7.03. The number of aliphatic hydroxyl groups excluding tert-OH is 1. The number of carbonyl (C=O) groups is 1. The Labute approximate surface area is 163 Å². The van der Waals surface area contributed by atoms with E-state index in [0.717, 1.165) is 0 Å². The summed E-state index contributed by atoms with van der Waals surface area (Å²) in [5.74, 6) is -1.26. The predicted molar refractivity (Wildman–Crippen MR) is 104 cm³/mol. The third kappa shape index (κ3) is 3.00. The molecule has 1 aromatic carbocycles. The number of halogens is 2. The number of pyridine rings is 2. The Morgan fingerprint density at radius 2 is 1.96 bits per heavy atom. The molecule has 0 fully saturated rings. The fourth-order valence-electron chi connectivity index (χ4n) is 3.07. The third-order valence-corrected chi connectivity index (χ3v) is 4.85. The van der Waals surface area contributed by atoms with E-state index in [1.54, 1.807) is 36.7 Å². The van der Waals surface area contributed by atoms with E-state index in [9.17, 15) is 14.3 Å². The second-order valence-electron chi connectivity index (χ2n) is 6.20. The van der Waals surface area contributed by atoms with Crippen LogP contribution in [0.3, 0.4) is 0 Å². The number of aromatic amines is 1. The summed E-state index contributed by atoms with van der Waals surface area (Å²) in [6.07, 6.45) is 4.59. The largest absolute Gasteiger partial charge is 0.378 e. The van der Waals surface area contributed by atoms with Gasteiger partial charge < -0.3 is 15.8 Å². The fraction of sp³-hybridized carbons (Fsp3) is 0.0500. The number of benzene rings is 1. The highest BCUT2D eigenvalue weighted by Crippen LogP contribution is 2.39. The summed E-state index contributed by atoms with van der Waals surface area (Å²) in [5.41, 5.74) is 7.94. The number of nitrogens with zero attached hydrogens (tertiary/aromatic N) is 2. The fourth-order valence-corrected chi connectivity index (χ4v) is 3.42. The summed E-state index contributed by atoms with van der Waals surface area (Å²) in [7, 11) is 0. The van der Waals surface area contributed by atoms with Crippen LogP contribution in [0, 0.1) is 5.82 Å². The molecule has 0 aliphatic heterocycles. The van der Waals surface area contributed by atoms with Gasteiger partial charge in [0, 0.05) is 58.0 Å². The quantitative estimate of drug-likeness (QED) is 0.490. The molecule has 4 N–H and O–H groups in total. The van der Waals surface area contributed by atoms with E-state index in [1.807, 2.05) is 0 Å². The average molecular weight is 397 g/mol. The molecular weight excluding hydrogens is 383 g/mol. The number of hydrogen-bond acceptors (Lipinski definition) is 4. The zero-order valence-electron chi connectivity index (χ0n) is 14.4. The lowest BCUT2D eigenvalue weighted by Gasteiger charge is -2.10. The molecule has 0 saturated heterocycles. The van der Waals surface area contributed by atoms with E-state index in [0.29, 0.717) is 38.3 Å². The molecular formula is C20H14ClFN4O2. The van der Waals surface area contributed by atoms with Gasteiger partial charge in [-0.15, -0.1) is 0 Å². The molecule has 4 rings (SSSR count). The zero-order valence-corrected chi connectivity index (χ0v) is 15.1. The summed E-state index contributed by atoms with van der Waals surface area (Å²) < 4.78 is 14.3. The Bertz CT molecular complexity index is 1210. The first-order valence-electron chi connectivity index (χ1n) is 8.30. The Balaban J connectivity index is 1.90. The van der Waals surface area contributed by atoms with Crippen LogP contribution in [0.2, 0.25) is 5.02 Å². The topological polar surface area (TPSA) is 105 Å². The molecule has 4 aromatic rings. The van der Waals surface area contributed by atoms with E-state index < -0.39 is 12.0 Å². The molecule has 1 atom stereocenters. The summed E-state index contributed by atoms with van der Waals surface area (Å²) in [4.78, 5) is 22.7. The number of amides is 1. The molecule has 8 heteroatoms. The van der Waals surface area contributed by atoms with Crippen LogP contribution in [-0.2, 0) is 4.79 Å². The van der Waals surface area contributed by atoms with Crippen molar-refractivity contribution >= 4 is 28.5 Å². The lowest BCUT2D eigenvalue weighted by Crippen LogP contribution is -2.20. The first-order valence-corrected chi connectivity index (χ1v) is 8.68. The van der Waals surface area contributed by atoms with E-state index in [2.05, 4.69) is 15.0 Å². The molecule has 0 spiro atoms. The lowest BCUT2D eigenvalue weighted by atomic mass is 10.0. The van der Waals surface area contributed by atoms with Crippen molar-refractivity contribution in [2.75, 3.05) is 0 Å². The number of nitrogens with one attached hydrogen (secondary N) is 1. The number of hydrogen-bond donors (Lipinski definition) is 3. The first kappa shape index (κ1) is 18.1. The molecule has 0 aliphatic rings. The van der Waals surface area contributed by atoms with Crippen LogP contribution >= 0.6 is 11.6 Å². The molecule has 1 amide bonds. The van der Waals surface area contributed by atoms with E-state index in [4.69, 9.17) is 17.3 Å². The van der Waals surface area contributed by atoms with Gasteiger partial charge in [0.2, 0.25) is 0 Å². The maximum Gasteiger partial charge on any atom is 0.250 e. The van der Waals surface area contributed by atoms with Crippen LogP contribution in [0.1, 0.15) is 11.7 Å². The van der Waals surface area contributed by atoms with Gasteiger partial charge in [0.25, 0.3) is 5.91 Å². The summed E-state index contributed by atoms with van der Waals surface area (Å²) in [5, 5.41) is 10.8. The monoisotopic (exact) mass is 396 g/mol. The maximum atomic E-state index is 14.3. The average Bonchev–Trinajstić information content (AvgIpc) is 3.13. The van der Waals surface area contributed by atoms with E-state index >= 15 is 0 Å². The Kier molecular flexibility index (Phi) is 4.54. The predicted octanol–water partition coefficient (Wildman–Crippen LogP) is 3.60. The molecule has 28 heavy (non-hydrogen) atoms. The van der Waals surface area contributed by atoms with Crippen LogP contribution in [0.25, 0.3) is 33.3 Å². The van der Waals surface area contributed by atoms with Crippen molar-refractivity contribution < 1.29 is 14.3 Å². The Morgan fingerprint density at radius 3 is 2.71 bits per heavy atom. The van der Waals surface area contributed by atoms with Gasteiger partial charge in [-0.25, -0.2) is 9.37 Å². The number of aliphatic hydroxyl groups is 1. The standard InChI is InChI=1S/C20H14ClFN4O2/c21-17-13(10-5-11(7-24-6-10)18(27)19(23)28)8-25-20-16(17)14(9-26-20)12-3-1-2-4-15(12)22/h1-9,18,27H,(H2,23,28)(H,25,26). The second-order valence-corrected chi connectivity index (χ2v) is 6.58. The lowest BCUT2D eigenvalue weighted by molar-refractivity contribution is -0.126. The normalized spacial score (nSPS) is 12.2. The molecule has 140 valence electrons. The maximum absolute atomic E-state index is 14.3. The van der Waals surface area contributed by atoms with Gasteiger partial charge in [0.05, 0.1) is 5.02 Å². The molecule has 3 aromatic heterocycles. The minimum absolute atomic E-state index is 0.240. The van der Waals surface area contributed by atoms with Crippen molar-refractivity contribution in [3.05, 3.63) is 71.5 Å². The van der Waals surface area contributed by atoms with Crippen LogP contribution in [0.5, 0.6) is 0 Å². The van der Waals surface area contributed by atoms with Crippen LogP contribution in [-0.4, -0.2) is 26.0 Å². The Morgan fingerprint density at radius 1 is 1.18 bits per heavy atom. The molecule has 1 unspecified atom stereocenters. The highest BCUT2D eigenvalue weighted by Gasteiger charge is 2.19. The number of carbonyl (C=O) groups excluding carboxylic acids is 1. The van der Waals surface area contributed by atoms with E-state index in [-0.39, 0.29) is 11.4 Å². The van der Waals surface area contributed by atoms with Crippen molar-refractivity contribution in [1.82, 2.24) is 15.0 Å². The minimum atomic E-state index is -1.48. The van der Waals surface area contributed by atoms with Crippen LogP contribution in [0.4, 0.5) is 4.39 Å². The molecule has 0 bridgehead atoms. The van der Waals surface area contributed by atoms with Crippen molar-refractivity contribution in [2.24, 2.45) is 5.73 Å². The SMILES string of the molecule is NC(=O)C(O)c1cncc(-c2cnc3[nH]cc(-c4ccccc4F)c3c2Cl)c1. The smallest absolute Gasteiger partial charge is 0.250 e. The number of nitrogens with two attached hydrogens (primary N) is 1. The van der Waals surface area contributed by atoms with Crippen LogP contribution in [0.15, 0.2) is 55.1 Å². The van der Waals surface area contributed by atoms with Crippen LogP contribution < -0.4 is 5.73 Å². The van der Waals surface area contributed by atoms with Crippen molar-refractivity contribution in [3.63, 3.8) is 0 Å². The third-order valence-electron chi connectivity index (χ3n) is 4.46. The summed E-state index contributed by atoms with van der Waals surface area (Å²) in [6, 6.07) is 7.94. The molecule has 6 nitrogen and oxygen atoms in total. The Hall–Kier alpha value is -3.29. The highest BCUT2D eigenvalue weighted by molar-refractivity contribution is 6.39. The first-order chi connectivity index (χ1) is 13.5. The minimum Gasteiger partial charge on any atom is -0.378 e. The zero-order chi connectivity index (χ0) is 19.8. The highest BCUT2D eigenvalue weighted by atomic mass is 35.5. The van der Waals surface area contributed by atoms with Gasteiger partial charge in [-0.3, -0.25) is 9.78 Å². The van der Waals surface area contributed by atoms with Gasteiger partial charge in [0.15, 0.2) is 6.10 Å². The number of primary amides is 1. The number of rotatable bonds is 4. The summed E-state index contributed by atoms with van der Waals surface area (Å²) in [6.45, 7) is 0. The number of fused-ring (bicyclic) bond motifs is 1. The van der Waals surface area contributed by atoms with Gasteiger partial charge in [0.1, 0.15) is 11.5 Å². The van der Waals surface area contributed by atoms with Gasteiger partial charge >= 0.3 is 0 Å². The number of aromatic nitrogens is 3. The van der Waals surface area contributed by atoms with E-state index in [1.165, 1.54) is 18.5 Å². The van der Waals surface area contributed by atoms with Gasteiger partial charge in [-0.2, -0.15) is 0 Å². The van der Waals surface area contributed by atoms with Crippen molar-refractivity contribution in [1.29, 1.82) is 0 Å². The molecule has 0 aliphatic carbocycles. The molecule has 3 heterocycles. The molecule has 0 radical (unpaired) electrons.